The Kier molecular flexibility index (Phi) is 5.29. The topological polar surface area (TPSA) is 122 Å². The summed E-state index contributed by atoms with van der Waals surface area (Å²) in [5, 5.41) is 14.0. The monoisotopic (exact) mass is 293 g/mol. The highest BCUT2D eigenvalue weighted by molar-refractivity contribution is 5.90. The Labute approximate surface area is 122 Å². The lowest BCUT2D eigenvalue weighted by Gasteiger charge is -2.22. The Bertz CT molecular complexity index is 555. The molecule has 3 amide bonds. The lowest BCUT2D eigenvalue weighted by atomic mass is 10.0. The molecule has 114 valence electrons. The fourth-order valence-corrected chi connectivity index (χ4v) is 1.65. The van der Waals surface area contributed by atoms with Crippen LogP contribution < -0.4 is 16.4 Å². The maximum Gasteiger partial charge on any atom is 0.335 e. The van der Waals surface area contributed by atoms with Gasteiger partial charge in [0.1, 0.15) is 5.54 Å². The molecule has 0 atom stereocenters. The molecule has 0 bridgehead atoms. The Hall–Kier alpha value is -2.57. The van der Waals surface area contributed by atoms with E-state index >= 15 is 0 Å². The van der Waals surface area contributed by atoms with Gasteiger partial charge in [0.15, 0.2) is 0 Å². The molecule has 0 aliphatic rings. The van der Waals surface area contributed by atoms with Gasteiger partial charge >= 0.3 is 12.0 Å². The number of benzene rings is 1. The third kappa shape index (κ3) is 4.79. The normalized spacial score (nSPS) is 10.8. The van der Waals surface area contributed by atoms with Crippen LogP contribution in [0.4, 0.5) is 4.79 Å². The molecule has 1 aromatic carbocycles. The molecule has 0 spiro atoms. The van der Waals surface area contributed by atoms with Gasteiger partial charge in [-0.15, -0.1) is 0 Å². The Morgan fingerprint density at radius 3 is 2.43 bits per heavy atom. The van der Waals surface area contributed by atoms with Crippen molar-refractivity contribution in [2.45, 2.75) is 25.8 Å². The smallest absolute Gasteiger partial charge is 0.335 e. The van der Waals surface area contributed by atoms with Crippen LogP contribution in [0, 0.1) is 0 Å². The van der Waals surface area contributed by atoms with Crippen LogP contribution in [0.3, 0.4) is 0 Å². The molecule has 5 N–H and O–H groups in total. The molecule has 0 saturated heterocycles. The van der Waals surface area contributed by atoms with Crippen LogP contribution in [0.2, 0.25) is 0 Å². The predicted molar refractivity (Wildman–Crippen MR) is 76.9 cm³/mol. The van der Waals surface area contributed by atoms with Crippen molar-refractivity contribution in [3.8, 4) is 0 Å². The minimum absolute atomic E-state index is 0.206. The van der Waals surface area contributed by atoms with E-state index in [9.17, 15) is 14.4 Å². The van der Waals surface area contributed by atoms with E-state index in [1.165, 1.54) is 19.9 Å². The quantitative estimate of drug-likeness (QED) is 0.609. The molecule has 1 aromatic rings. The van der Waals surface area contributed by atoms with E-state index in [-0.39, 0.29) is 12.1 Å². The average Bonchev–Trinajstić information content (AvgIpc) is 2.38. The minimum Gasteiger partial charge on any atom is -0.478 e. The largest absolute Gasteiger partial charge is 0.478 e. The van der Waals surface area contributed by atoms with Gasteiger partial charge in [-0.05, 0) is 31.9 Å². The van der Waals surface area contributed by atoms with E-state index in [0.29, 0.717) is 12.0 Å². The molecular weight excluding hydrogens is 274 g/mol. The molecule has 21 heavy (non-hydrogen) atoms. The van der Waals surface area contributed by atoms with Gasteiger partial charge in [-0.3, -0.25) is 4.79 Å². The third-order valence-electron chi connectivity index (χ3n) is 2.97. The van der Waals surface area contributed by atoms with Crippen LogP contribution in [0.1, 0.15) is 29.8 Å². The second-order valence-electron chi connectivity index (χ2n) is 5.08. The van der Waals surface area contributed by atoms with E-state index in [1.54, 1.807) is 18.2 Å². The summed E-state index contributed by atoms with van der Waals surface area (Å²) in [5.74, 6) is -1.65. The van der Waals surface area contributed by atoms with Gasteiger partial charge < -0.3 is 21.5 Å². The highest BCUT2D eigenvalue weighted by Crippen LogP contribution is 2.09. The van der Waals surface area contributed by atoms with Crippen LogP contribution >= 0.6 is 0 Å². The van der Waals surface area contributed by atoms with Gasteiger partial charge in [0.2, 0.25) is 5.91 Å². The van der Waals surface area contributed by atoms with Gasteiger partial charge in [-0.25, -0.2) is 9.59 Å². The first-order chi connectivity index (χ1) is 9.74. The average molecular weight is 293 g/mol. The van der Waals surface area contributed by atoms with E-state index in [4.69, 9.17) is 10.8 Å². The first-order valence-corrected chi connectivity index (χ1v) is 6.41. The molecule has 0 aliphatic heterocycles. The molecule has 0 fully saturated rings. The first-order valence-electron chi connectivity index (χ1n) is 6.41. The molecule has 7 nitrogen and oxygen atoms in total. The van der Waals surface area contributed by atoms with E-state index in [0.717, 1.165) is 0 Å². The lowest BCUT2D eigenvalue weighted by molar-refractivity contribution is -0.122. The van der Waals surface area contributed by atoms with Crippen molar-refractivity contribution >= 4 is 17.9 Å². The number of carboxylic acids is 1. The van der Waals surface area contributed by atoms with Crippen LogP contribution in [-0.4, -0.2) is 35.1 Å². The Morgan fingerprint density at radius 1 is 1.24 bits per heavy atom. The number of amides is 3. The van der Waals surface area contributed by atoms with Crippen molar-refractivity contribution in [2.75, 3.05) is 6.54 Å². The Balaban J connectivity index is 2.53. The molecule has 1 rings (SSSR count). The summed E-state index contributed by atoms with van der Waals surface area (Å²) >= 11 is 0. The molecule has 0 unspecified atom stereocenters. The summed E-state index contributed by atoms with van der Waals surface area (Å²) in [6.45, 7) is 3.23. The molecule has 0 heterocycles. The van der Waals surface area contributed by atoms with Crippen molar-refractivity contribution in [3.63, 3.8) is 0 Å². The van der Waals surface area contributed by atoms with Gasteiger partial charge in [0.05, 0.1) is 5.56 Å². The summed E-state index contributed by atoms with van der Waals surface area (Å²) in [7, 11) is 0. The van der Waals surface area contributed by atoms with Crippen molar-refractivity contribution in [1.82, 2.24) is 10.6 Å². The van der Waals surface area contributed by atoms with Crippen LogP contribution in [0.25, 0.3) is 0 Å². The van der Waals surface area contributed by atoms with Crippen molar-refractivity contribution in [2.24, 2.45) is 5.73 Å². The van der Waals surface area contributed by atoms with E-state index < -0.39 is 23.4 Å². The number of aromatic carboxylic acids is 1. The van der Waals surface area contributed by atoms with E-state index in [1.807, 2.05) is 0 Å². The zero-order chi connectivity index (χ0) is 16.0. The number of hydrogen-bond donors (Lipinski definition) is 4. The zero-order valence-electron chi connectivity index (χ0n) is 12.0. The minimum atomic E-state index is -1.15. The van der Waals surface area contributed by atoms with Gasteiger partial charge in [-0.2, -0.15) is 0 Å². The number of nitrogens with two attached hydrogens (primary N) is 1. The van der Waals surface area contributed by atoms with Gasteiger partial charge in [-0.1, -0.05) is 18.2 Å². The highest BCUT2D eigenvalue weighted by atomic mass is 16.4. The fourth-order valence-electron chi connectivity index (χ4n) is 1.65. The zero-order valence-corrected chi connectivity index (χ0v) is 12.0. The number of hydrogen-bond acceptors (Lipinski definition) is 3. The highest BCUT2D eigenvalue weighted by Gasteiger charge is 2.26. The number of carbonyl (C=O) groups excluding carboxylic acids is 2. The number of carboxylic acid groups (broad SMARTS) is 1. The Morgan fingerprint density at radius 2 is 1.86 bits per heavy atom. The van der Waals surface area contributed by atoms with Gasteiger partial charge in [0.25, 0.3) is 0 Å². The van der Waals surface area contributed by atoms with Crippen LogP contribution in [0.5, 0.6) is 0 Å². The standard InChI is InChI=1S/C14H19N3O4/c1-14(2,12(15)20)17-13(21)16-8-7-9-5-3-4-6-10(9)11(18)19/h3-6H,7-8H2,1-2H3,(H2,15,20)(H,18,19)(H2,16,17,21). The number of rotatable bonds is 6. The maximum absolute atomic E-state index is 11.6. The summed E-state index contributed by atoms with van der Waals surface area (Å²) in [6.07, 6.45) is 0.368. The van der Waals surface area contributed by atoms with Crippen LogP contribution in [0.15, 0.2) is 24.3 Å². The predicted octanol–water partition coefficient (Wildman–Crippen LogP) is 0.490. The maximum atomic E-state index is 11.6. The molecule has 0 radical (unpaired) electrons. The second-order valence-corrected chi connectivity index (χ2v) is 5.08. The van der Waals surface area contributed by atoms with E-state index in [2.05, 4.69) is 10.6 Å². The molecule has 0 saturated carbocycles. The molecular formula is C14H19N3O4. The molecule has 0 aliphatic carbocycles. The first kappa shape index (κ1) is 16.5. The molecule has 0 aromatic heterocycles. The van der Waals surface area contributed by atoms with Gasteiger partial charge in [0, 0.05) is 6.54 Å². The number of nitrogens with one attached hydrogen (secondary N) is 2. The third-order valence-corrected chi connectivity index (χ3v) is 2.97. The summed E-state index contributed by atoms with van der Waals surface area (Å²) in [4.78, 5) is 33.7. The summed E-state index contributed by atoms with van der Waals surface area (Å²) in [5.41, 5.74) is 4.83. The molecule has 7 heteroatoms. The summed E-state index contributed by atoms with van der Waals surface area (Å²) < 4.78 is 0. The van der Waals surface area contributed by atoms with Crippen LogP contribution in [-0.2, 0) is 11.2 Å². The number of urea groups is 1. The van der Waals surface area contributed by atoms with Crippen molar-refractivity contribution < 1.29 is 19.5 Å². The SMILES string of the molecule is CC(C)(NC(=O)NCCc1ccccc1C(=O)O)C(N)=O. The summed E-state index contributed by atoms with van der Waals surface area (Å²) in [6, 6.07) is 6.04. The fraction of sp³-hybridized carbons (Fsp3) is 0.357. The second kappa shape index (κ2) is 6.74. The lowest BCUT2D eigenvalue weighted by Crippen LogP contribution is -2.55. The van der Waals surface area contributed by atoms with Crippen molar-refractivity contribution in [3.05, 3.63) is 35.4 Å². The number of carbonyl (C=O) groups is 3. The number of primary amides is 1. The van der Waals surface area contributed by atoms with Crippen molar-refractivity contribution in [1.29, 1.82) is 0 Å².